The van der Waals surface area contributed by atoms with Gasteiger partial charge in [-0.1, -0.05) is 6.92 Å². The highest BCUT2D eigenvalue weighted by molar-refractivity contribution is 7.98. The molecule has 0 bridgehead atoms. The van der Waals surface area contributed by atoms with Crippen molar-refractivity contribution in [1.29, 1.82) is 0 Å². The van der Waals surface area contributed by atoms with Gasteiger partial charge >= 0.3 is 0 Å². The zero-order valence-electron chi connectivity index (χ0n) is 24.4. The molecule has 4 atom stereocenters. The number of primary amides is 2. The van der Waals surface area contributed by atoms with E-state index in [1.165, 1.54) is 11.8 Å². The first-order chi connectivity index (χ1) is 19.9. The lowest BCUT2D eigenvalue weighted by Crippen LogP contribution is -2.50. The van der Waals surface area contributed by atoms with Gasteiger partial charge in [0, 0.05) is 44.0 Å². The summed E-state index contributed by atoms with van der Waals surface area (Å²) in [4.78, 5) is 84.9. The molecule has 240 valence electrons. The number of nitrogens with two attached hydrogens (primary N) is 2. The number of carbonyl (C=O) groups is 7. The Labute approximate surface area is 260 Å². The molecule has 0 aromatic rings. The van der Waals surface area contributed by atoms with Crippen molar-refractivity contribution in [1.82, 2.24) is 26.6 Å². The lowest BCUT2D eigenvalue weighted by molar-refractivity contribution is -0.131. The Kier molecular flexibility index (Phi) is 21.4. The van der Waals surface area contributed by atoms with Gasteiger partial charge in [-0.05, 0) is 43.3 Å². The van der Waals surface area contributed by atoms with Crippen molar-refractivity contribution in [2.45, 2.75) is 63.6 Å². The van der Waals surface area contributed by atoms with Crippen LogP contribution in [0, 0.1) is 5.92 Å². The summed E-state index contributed by atoms with van der Waals surface area (Å²) >= 11 is 7.11. The fraction of sp³-hybridized carbons (Fsp3) is 0.720. The molecule has 0 unspecified atom stereocenters. The van der Waals surface area contributed by atoms with Crippen LogP contribution in [0.5, 0.6) is 0 Å². The predicted octanol–water partition coefficient (Wildman–Crippen LogP) is -1.72. The summed E-state index contributed by atoms with van der Waals surface area (Å²) in [5.41, 5.74) is 10.3. The summed E-state index contributed by atoms with van der Waals surface area (Å²) in [6.45, 7) is 1.65. The van der Waals surface area contributed by atoms with E-state index < -0.39 is 53.6 Å². The summed E-state index contributed by atoms with van der Waals surface area (Å²) in [7, 11) is 0. The highest BCUT2D eigenvalue weighted by Gasteiger charge is 2.25. The van der Waals surface area contributed by atoms with E-state index >= 15 is 0 Å². The Bertz CT molecular complexity index is 927. The van der Waals surface area contributed by atoms with E-state index in [4.69, 9.17) is 11.5 Å². The van der Waals surface area contributed by atoms with E-state index in [1.54, 1.807) is 11.8 Å². The molecule has 42 heavy (non-hydrogen) atoms. The standard InChI is InChI=1S/C25H45N7O7S3/c1-15(8-12-41-2)23(37)32-17(9-13-42-3)25(39)29-10-6-20(34)30-16(4-5-19(26)33)24(38)28-11-7-21(35)31-18(14-40)22(27)36/h15-18,40H,4-14H2,1-3H3,(H2,26,33)(H2,27,36)(H,28,38)(H,29,39)(H,30,34)(H,31,35)(H,32,37)/t15-,16-,17-,18-/m0/s1. The third-order valence-electron chi connectivity index (χ3n) is 5.94. The second-order valence-electron chi connectivity index (χ2n) is 9.44. The second-order valence-corrected chi connectivity index (χ2v) is 11.8. The molecule has 0 fully saturated rings. The van der Waals surface area contributed by atoms with Gasteiger partial charge in [-0.25, -0.2) is 0 Å². The van der Waals surface area contributed by atoms with Crippen LogP contribution in [0.4, 0.5) is 0 Å². The topological polar surface area (TPSA) is 232 Å². The van der Waals surface area contributed by atoms with Crippen LogP contribution in [-0.4, -0.2) is 102 Å². The summed E-state index contributed by atoms with van der Waals surface area (Å²) in [5, 5.41) is 12.8. The summed E-state index contributed by atoms with van der Waals surface area (Å²) in [6, 6.07) is -2.82. The van der Waals surface area contributed by atoms with Crippen LogP contribution >= 0.6 is 36.2 Å². The Morgan fingerprint density at radius 3 is 1.60 bits per heavy atom. The van der Waals surface area contributed by atoms with E-state index in [9.17, 15) is 33.6 Å². The third-order valence-corrected chi connectivity index (χ3v) is 7.59. The summed E-state index contributed by atoms with van der Waals surface area (Å²) < 4.78 is 0. The van der Waals surface area contributed by atoms with Crippen LogP contribution in [0.15, 0.2) is 0 Å². The van der Waals surface area contributed by atoms with Crippen LogP contribution in [0.25, 0.3) is 0 Å². The van der Waals surface area contributed by atoms with Crippen molar-refractivity contribution in [3.05, 3.63) is 0 Å². The second kappa shape index (κ2) is 22.9. The molecular weight excluding hydrogens is 607 g/mol. The predicted molar refractivity (Wildman–Crippen MR) is 168 cm³/mol. The van der Waals surface area contributed by atoms with Crippen LogP contribution in [0.3, 0.4) is 0 Å². The zero-order valence-corrected chi connectivity index (χ0v) is 26.9. The molecule has 0 saturated carbocycles. The minimum atomic E-state index is -1.11. The lowest BCUT2D eigenvalue weighted by Gasteiger charge is -2.21. The number of hydrogen-bond donors (Lipinski definition) is 8. The minimum absolute atomic E-state index is 0.0137. The first kappa shape index (κ1) is 39.3. The van der Waals surface area contributed by atoms with E-state index in [2.05, 4.69) is 39.2 Å². The molecule has 0 aromatic carbocycles. The normalized spacial score (nSPS) is 13.5. The fourth-order valence-corrected chi connectivity index (χ4v) is 4.72. The van der Waals surface area contributed by atoms with Gasteiger partial charge in [0.1, 0.15) is 18.1 Å². The van der Waals surface area contributed by atoms with Crippen molar-refractivity contribution in [2.75, 3.05) is 42.9 Å². The molecule has 0 aliphatic heterocycles. The van der Waals surface area contributed by atoms with Crippen molar-refractivity contribution >= 4 is 77.5 Å². The Hall–Kier alpha value is -2.66. The Morgan fingerprint density at radius 1 is 0.667 bits per heavy atom. The van der Waals surface area contributed by atoms with Crippen molar-refractivity contribution in [3.63, 3.8) is 0 Å². The molecule has 0 aromatic heterocycles. The van der Waals surface area contributed by atoms with Gasteiger partial charge in [0.05, 0.1) is 0 Å². The zero-order chi connectivity index (χ0) is 32.1. The summed E-state index contributed by atoms with van der Waals surface area (Å²) in [5.74, 6) is -2.54. The SMILES string of the molecule is CSCC[C@H](NC(=O)[C@@H](C)CCSC)C(=O)NCCC(=O)N[C@@H](CCC(N)=O)C(=O)NCCC(=O)N[C@@H](CS)C(N)=O. The van der Waals surface area contributed by atoms with Crippen LogP contribution < -0.4 is 38.1 Å². The first-order valence-electron chi connectivity index (χ1n) is 13.5. The van der Waals surface area contributed by atoms with Crippen molar-refractivity contribution in [2.24, 2.45) is 17.4 Å². The maximum atomic E-state index is 12.8. The number of thiol groups is 1. The number of rotatable bonds is 23. The van der Waals surface area contributed by atoms with Crippen molar-refractivity contribution < 1.29 is 33.6 Å². The molecule has 0 heterocycles. The Balaban J connectivity index is 4.92. The van der Waals surface area contributed by atoms with Gasteiger partial charge in [0.2, 0.25) is 41.4 Å². The quantitative estimate of drug-likeness (QED) is 0.0586. The van der Waals surface area contributed by atoms with Gasteiger partial charge in [-0.2, -0.15) is 36.2 Å². The van der Waals surface area contributed by atoms with E-state index in [0.717, 1.165) is 5.75 Å². The van der Waals surface area contributed by atoms with Crippen LogP contribution in [0.1, 0.15) is 45.4 Å². The molecule has 0 aliphatic rings. The van der Waals surface area contributed by atoms with E-state index in [1.807, 2.05) is 19.4 Å². The molecule has 7 amide bonds. The number of carbonyl (C=O) groups excluding carboxylic acids is 7. The van der Waals surface area contributed by atoms with Crippen LogP contribution in [-0.2, 0) is 33.6 Å². The minimum Gasteiger partial charge on any atom is -0.370 e. The maximum absolute atomic E-state index is 12.8. The highest BCUT2D eigenvalue weighted by atomic mass is 32.2. The van der Waals surface area contributed by atoms with Gasteiger partial charge in [-0.3, -0.25) is 33.6 Å². The molecule has 0 radical (unpaired) electrons. The molecule has 17 heteroatoms. The van der Waals surface area contributed by atoms with Gasteiger partial charge < -0.3 is 38.1 Å². The van der Waals surface area contributed by atoms with Gasteiger partial charge in [0.15, 0.2) is 0 Å². The summed E-state index contributed by atoms with van der Waals surface area (Å²) in [6.07, 6.45) is 4.37. The van der Waals surface area contributed by atoms with E-state index in [0.29, 0.717) is 18.6 Å². The largest absolute Gasteiger partial charge is 0.370 e. The number of thioether (sulfide) groups is 2. The molecule has 0 spiro atoms. The van der Waals surface area contributed by atoms with Crippen molar-refractivity contribution in [3.8, 4) is 0 Å². The fourth-order valence-electron chi connectivity index (χ4n) is 3.38. The molecule has 0 saturated heterocycles. The molecule has 0 rings (SSSR count). The number of amides is 7. The van der Waals surface area contributed by atoms with Crippen LogP contribution in [0.2, 0.25) is 0 Å². The Morgan fingerprint density at radius 2 is 1.14 bits per heavy atom. The lowest BCUT2D eigenvalue weighted by atomic mass is 10.1. The van der Waals surface area contributed by atoms with Gasteiger partial charge in [0.25, 0.3) is 0 Å². The first-order valence-corrected chi connectivity index (χ1v) is 16.9. The van der Waals surface area contributed by atoms with Gasteiger partial charge in [-0.15, -0.1) is 0 Å². The monoisotopic (exact) mass is 651 g/mol. The molecule has 9 N–H and O–H groups in total. The number of hydrogen-bond acceptors (Lipinski definition) is 10. The molecule has 0 aliphatic carbocycles. The smallest absolute Gasteiger partial charge is 0.242 e. The average Bonchev–Trinajstić information content (AvgIpc) is 2.93. The maximum Gasteiger partial charge on any atom is 0.242 e. The highest BCUT2D eigenvalue weighted by Crippen LogP contribution is 2.09. The van der Waals surface area contributed by atoms with E-state index in [-0.39, 0.29) is 56.4 Å². The molecule has 14 nitrogen and oxygen atoms in total. The third kappa shape index (κ3) is 18.0. The number of nitrogens with one attached hydrogen (secondary N) is 5. The molecular formula is C25H45N7O7S3. The average molecular weight is 652 g/mol.